The summed E-state index contributed by atoms with van der Waals surface area (Å²) in [4.78, 5) is 30.6. The fourth-order valence-electron chi connectivity index (χ4n) is 3.78. The Hall–Kier alpha value is -3.35. The fraction of sp³-hybridized carbons (Fsp3) is 0.130. The molecular formula is C23H15ClF3N5O2S2. The van der Waals surface area contributed by atoms with Crippen molar-refractivity contribution in [3.8, 4) is 0 Å². The first-order chi connectivity index (χ1) is 17.1. The lowest BCUT2D eigenvalue weighted by atomic mass is 10.1. The van der Waals surface area contributed by atoms with Crippen molar-refractivity contribution < 1.29 is 22.8 Å². The van der Waals surface area contributed by atoms with E-state index in [9.17, 15) is 22.8 Å². The number of thiazole rings is 1. The SMILES string of the molecule is Nc1nc(CN2C(=O)SC(=Cc3ccc4c(cnn4Cc4ccc(Cl)cc4C(F)(F)F)c3)C2=O)cs1. The number of thioether (sulfide) groups is 1. The first-order valence-electron chi connectivity index (χ1n) is 10.3. The largest absolute Gasteiger partial charge is 0.416 e. The van der Waals surface area contributed by atoms with E-state index < -0.39 is 22.9 Å². The number of hydrogen-bond acceptors (Lipinski definition) is 7. The molecule has 2 N–H and O–H groups in total. The van der Waals surface area contributed by atoms with Gasteiger partial charge >= 0.3 is 6.18 Å². The number of fused-ring (bicyclic) bond motifs is 1. The summed E-state index contributed by atoms with van der Waals surface area (Å²) < 4.78 is 41.9. The van der Waals surface area contributed by atoms with Gasteiger partial charge in [0.15, 0.2) is 5.13 Å². The first kappa shape index (κ1) is 24.3. The van der Waals surface area contributed by atoms with Gasteiger partial charge in [0.1, 0.15) is 0 Å². The predicted molar refractivity (Wildman–Crippen MR) is 133 cm³/mol. The number of aromatic nitrogens is 3. The molecule has 0 saturated carbocycles. The zero-order valence-corrected chi connectivity index (χ0v) is 20.5. The van der Waals surface area contributed by atoms with Crippen LogP contribution in [-0.4, -0.2) is 30.8 Å². The Balaban J connectivity index is 1.39. The molecule has 7 nitrogen and oxygen atoms in total. The molecule has 1 saturated heterocycles. The third-order valence-electron chi connectivity index (χ3n) is 5.42. The molecule has 36 heavy (non-hydrogen) atoms. The summed E-state index contributed by atoms with van der Waals surface area (Å²) in [5, 5.41) is 6.55. The summed E-state index contributed by atoms with van der Waals surface area (Å²) >= 11 is 7.82. The number of rotatable bonds is 5. The normalized spacial score (nSPS) is 15.6. The van der Waals surface area contributed by atoms with E-state index in [1.807, 2.05) is 0 Å². The van der Waals surface area contributed by atoms with E-state index in [-0.39, 0.29) is 28.6 Å². The fourth-order valence-corrected chi connectivity index (χ4v) is 5.34. The second kappa shape index (κ2) is 9.26. The van der Waals surface area contributed by atoms with E-state index in [1.165, 1.54) is 34.3 Å². The van der Waals surface area contributed by atoms with Gasteiger partial charge in [0.05, 0.1) is 41.0 Å². The Kier molecular flexibility index (Phi) is 6.27. The maximum Gasteiger partial charge on any atom is 0.416 e. The molecule has 5 rings (SSSR count). The number of amides is 2. The first-order valence-corrected chi connectivity index (χ1v) is 12.4. The van der Waals surface area contributed by atoms with E-state index in [1.54, 1.807) is 29.7 Å². The number of hydrogen-bond donors (Lipinski definition) is 1. The van der Waals surface area contributed by atoms with Crippen molar-refractivity contribution in [3.05, 3.63) is 80.3 Å². The quantitative estimate of drug-likeness (QED) is 0.305. The Morgan fingerprint density at radius 1 is 1.11 bits per heavy atom. The van der Waals surface area contributed by atoms with Crippen LogP contribution in [0.15, 0.2) is 52.9 Å². The highest BCUT2D eigenvalue weighted by molar-refractivity contribution is 8.18. The molecule has 4 aromatic rings. The van der Waals surface area contributed by atoms with Crippen LogP contribution in [0.5, 0.6) is 0 Å². The maximum absolute atomic E-state index is 13.5. The summed E-state index contributed by atoms with van der Waals surface area (Å²) in [5.41, 5.74) is 6.63. The van der Waals surface area contributed by atoms with Crippen LogP contribution in [0.4, 0.5) is 23.1 Å². The van der Waals surface area contributed by atoms with Gasteiger partial charge in [-0.15, -0.1) is 11.3 Å². The summed E-state index contributed by atoms with van der Waals surface area (Å²) in [7, 11) is 0. The molecule has 0 aliphatic carbocycles. The number of halogens is 4. The topological polar surface area (TPSA) is 94.1 Å². The molecule has 0 atom stereocenters. The average Bonchev–Trinajstić information content (AvgIpc) is 3.48. The van der Waals surface area contributed by atoms with Gasteiger partial charge in [-0.3, -0.25) is 19.2 Å². The molecule has 0 radical (unpaired) electrons. The summed E-state index contributed by atoms with van der Waals surface area (Å²) in [6.07, 6.45) is -1.42. The van der Waals surface area contributed by atoms with Crippen LogP contribution < -0.4 is 5.73 Å². The third kappa shape index (κ3) is 4.84. The molecule has 2 aromatic heterocycles. The summed E-state index contributed by atoms with van der Waals surface area (Å²) in [6.45, 7) is -0.0684. The highest BCUT2D eigenvalue weighted by Gasteiger charge is 2.36. The molecule has 3 heterocycles. The van der Waals surface area contributed by atoms with E-state index in [2.05, 4.69) is 10.1 Å². The molecule has 2 amide bonds. The number of carbonyl (C=O) groups is 2. The van der Waals surface area contributed by atoms with Gasteiger partial charge in [-0.2, -0.15) is 18.3 Å². The van der Waals surface area contributed by atoms with Gasteiger partial charge < -0.3 is 5.73 Å². The van der Waals surface area contributed by atoms with Gasteiger partial charge in [-0.25, -0.2) is 4.98 Å². The Bertz CT molecular complexity index is 1550. The molecule has 1 fully saturated rings. The van der Waals surface area contributed by atoms with Gasteiger partial charge in [-0.1, -0.05) is 23.7 Å². The standard InChI is InChI=1S/C23H15ClF3N5O2S2/c24-15-3-2-13(17(7-15)23(25,26)27)9-32-18-4-1-12(5-14(18)8-29-32)6-19-20(33)31(22(34)36-19)10-16-11-35-21(28)30-16/h1-8,11H,9-10H2,(H2,28,30). The van der Waals surface area contributed by atoms with Crippen molar-refractivity contribution in [2.45, 2.75) is 19.3 Å². The minimum Gasteiger partial charge on any atom is -0.375 e. The second-order valence-electron chi connectivity index (χ2n) is 7.86. The summed E-state index contributed by atoms with van der Waals surface area (Å²) in [5.74, 6) is -0.435. The van der Waals surface area contributed by atoms with Gasteiger partial charge in [0.2, 0.25) is 0 Å². The van der Waals surface area contributed by atoms with Crippen molar-refractivity contribution in [1.29, 1.82) is 0 Å². The van der Waals surface area contributed by atoms with Crippen LogP contribution in [0, 0.1) is 0 Å². The Morgan fingerprint density at radius 2 is 1.92 bits per heavy atom. The number of carbonyl (C=O) groups excluding carboxylic acids is 2. The van der Waals surface area contributed by atoms with Crippen LogP contribution >= 0.6 is 34.7 Å². The van der Waals surface area contributed by atoms with E-state index in [0.717, 1.165) is 22.7 Å². The Labute approximate surface area is 215 Å². The third-order valence-corrected chi connectivity index (χ3v) is 7.29. The number of nitrogen functional groups attached to an aromatic ring is 1. The highest BCUT2D eigenvalue weighted by Crippen LogP contribution is 2.36. The number of nitrogens with two attached hydrogens (primary N) is 1. The number of anilines is 1. The highest BCUT2D eigenvalue weighted by atomic mass is 35.5. The van der Waals surface area contributed by atoms with Crippen molar-refractivity contribution in [2.24, 2.45) is 0 Å². The van der Waals surface area contributed by atoms with Crippen molar-refractivity contribution in [1.82, 2.24) is 19.7 Å². The monoisotopic (exact) mass is 549 g/mol. The predicted octanol–water partition coefficient (Wildman–Crippen LogP) is 6.03. The van der Waals surface area contributed by atoms with Crippen LogP contribution in [0.1, 0.15) is 22.4 Å². The number of benzene rings is 2. The lowest BCUT2D eigenvalue weighted by molar-refractivity contribution is -0.138. The van der Waals surface area contributed by atoms with E-state index >= 15 is 0 Å². The smallest absolute Gasteiger partial charge is 0.375 e. The minimum absolute atomic E-state index is 0.00108. The summed E-state index contributed by atoms with van der Waals surface area (Å²) in [6, 6.07) is 8.81. The molecule has 13 heteroatoms. The Morgan fingerprint density at radius 3 is 2.64 bits per heavy atom. The van der Waals surface area contributed by atoms with Crippen LogP contribution in [0.2, 0.25) is 5.02 Å². The number of alkyl halides is 3. The van der Waals surface area contributed by atoms with E-state index in [0.29, 0.717) is 27.3 Å². The minimum atomic E-state index is -4.55. The molecule has 2 aromatic carbocycles. The zero-order chi connectivity index (χ0) is 25.6. The number of nitrogens with zero attached hydrogens (tertiary/aromatic N) is 4. The molecule has 0 spiro atoms. The average molecular weight is 550 g/mol. The molecule has 0 bridgehead atoms. The van der Waals surface area contributed by atoms with Crippen molar-refractivity contribution in [2.75, 3.05) is 5.73 Å². The van der Waals surface area contributed by atoms with Crippen LogP contribution in [0.3, 0.4) is 0 Å². The molecule has 184 valence electrons. The van der Waals surface area contributed by atoms with Crippen molar-refractivity contribution in [3.63, 3.8) is 0 Å². The van der Waals surface area contributed by atoms with Crippen LogP contribution in [-0.2, 0) is 24.1 Å². The maximum atomic E-state index is 13.5. The number of imide groups is 1. The zero-order valence-electron chi connectivity index (χ0n) is 18.1. The van der Waals surface area contributed by atoms with Gasteiger partial charge in [0, 0.05) is 15.8 Å². The van der Waals surface area contributed by atoms with Gasteiger partial charge in [0.25, 0.3) is 11.1 Å². The second-order valence-corrected chi connectivity index (χ2v) is 10.2. The van der Waals surface area contributed by atoms with Gasteiger partial charge in [-0.05, 0) is 53.2 Å². The lowest BCUT2D eigenvalue weighted by Crippen LogP contribution is -2.27. The molecular weight excluding hydrogens is 535 g/mol. The van der Waals surface area contributed by atoms with Crippen LogP contribution in [0.25, 0.3) is 17.0 Å². The molecule has 0 unspecified atom stereocenters. The lowest BCUT2D eigenvalue weighted by Gasteiger charge is -2.14. The molecule has 1 aliphatic rings. The van der Waals surface area contributed by atoms with Crippen molar-refractivity contribution >= 4 is 68.0 Å². The molecule has 1 aliphatic heterocycles. The van der Waals surface area contributed by atoms with E-state index in [4.69, 9.17) is 17.3 Å².